The maximum atomic E-state index is 13.7. The molecule has 1 saturated heterocycles. The van der Waals surface area contributed by atoms with E-state index in [1.165, 1.54) is 11.9 Å². The van der Waals surface area contributed by atoms with Gasteiger partial charge in [0.2, 0.25) is 0 Å². The fourth-order valence-corrected chi connectivity index (χ4v) is 5.81. The number of carbonyl (C=O) groups excluding carboxylic acids is 1. The van der Waals surface area contributed by atoms with E-state index in [-0.39, 0.29) is 34.3 Å². The van der Waals surface area contributed by atoms with E-state index in [1.54, 1.807) is 29.2 Å². The SMILES string of the molecule is CSNC(=O)c1nc(Cl)ccc1NC(C)c1cc(C)cc2c(=O)n(C)c(C3CCCN(c4ccccn4)C3)nc12. The van der Waals surface area contributed by atoms with Gasteiger partial charge in [0.1, 0.15) is 16.8 Å². The molecule has 40 heavy (non-hydrogen) atoms. The van der Waals surface area contributed by atoms with Crippen molar-refractivity contribution in [3.63, 3.8) is 0 Å². The van der Waals surface area contributed by atoms with Gasteiger partial charge < -0.3 is 10.2 Å². The third kappa shape index (κ3) is 5.64. The van der Waals surface area contributed by atoms with Crippen LogP contribution >= 0.6 is 23.5 Å². The summed E-state index contributed by atoms with van der Waals surface area (Å²) in [6, 6.07) is 13.0. The van der Waals surface area contributed by atoms with Gasteiger partial charge in [-0.1, -0.05) is 35.7 Å². The molecule has 11 heteroatoms. The van der Waals surface area contributed by atoms with Crippen LogP contribution in [0.4, 0.5) is 11.5 Å². The van der Waals surface area contributed by atoms with Gasteiger partial charge in [0.05, 0.1) is 22.6 Å². The molecular weight excluding hydrogens is 546 g/mol. The minimum atomic E-state index is -0.345. The molecule has 4 heterocycles. The molecule has 1 aliphatic heterocycles. The predicted molar refractivity (Wildman–Crippen MR) is 162 cm³/mol. The number of aryl methyl sites for hydroxylation is 1. The van der Waals surface area contributed by atoms with Gasteiger partial charge in [-0.25, -0.2) is 15.0 Å². The summed E-state index contributed by atoms with van der Waals surface area (Å²) in [7, 11) is 1.81. The molecule has 9 nitrogen and oxygen atoms in total. The van der Waals surface area contributed by atoms with E-state index in [0.717, 1.165) is 48.7 Å². The molecule has 5 rings (SSSR count). The molecule has 1 aliphatic rings. The van der Waals surface area contributed by atoms with Gasteiger partial charge >= 0.3 is 0 Å². The summed E-state index contributed by atoms with van der Waals surface area (Å²) in [4.78, 5) is 42.5. The van der Waals surface area contributed by atoms with Crippen LogP contribution in [-0.2, 0) is 7.05 Å². The number of halogens is 1. The van der Waals surface area contributed by atoms with Gasteiger partial charge in [-0.15, -0.1) is 0 Å². The van der Waals surface area contributed by atoms with Crippen LogP contribution in [-0.4, -0.2) is 44.8 Å². The average Bonchev–Trinajstić information content (AvgIpc) is 2.96. The van der Waals surface area contributed by atoms with Gasteiger partial charge in [-0.2, -0.15) is 0 Å². The lowest BCUT2D eigenvalue weighted by Crippen LogP contribution is -2.37. The molecule has 1 aromatic carbocycles. The summed E-state index contributed by atoms with van der Waals surface area (Å²) < 4.78 is 4.40. The quantitative estimate of drug-likeness (QED) is 0.227. The standard InChI is InChI=1S/C29H32ClN7O2S/c1-17-14-20(18(2)32-22-10-11-23(30)33-26(22)28(38)35-40-4)25-21(15-17)29(39)36(3)27(34-25)19-8-7-13-37(16-19)24-9-5-6-12-31-24/h5-6,9-12,14-15,18-19,32H,7-8,13,16H2,1-4H3,(H,35,38). The monoisotopic (exact) mass is 577 g/mol. The minimum Gasteiger partial charge on any atom is -0.377 e. The Morgan fingerprint density at radius 1 is 1.20 bits per heavy atom. The Bertz CT molecular complexity index is 1610. The summed E-state index contributed by atoms with van der Waals surface area (Å²) in [5.74, 6) is 1.44. The highest BCUT2D eigenvalue weighted by molar-refractivity contribution is 7.97. The van der Waals surface area contributed by atoms with E-state index in [4.69, 9.17) is 16.6 Å². The summed E-state index contributed by atoms with van der Waals surface area (Å²) in [6.45, 7) is 5.61. The molecule has 1 amide bonds. The second-order valence-electron chi connectivity index (χ2n) is 10.1. The number of nitrogens with one attached hydrogen (secondary N) is 2. The van der Waals surface area contributed by atoms with Crippen LogP contribution in [0, 0.1) is 6.92 Å². The van der Waals surface area contributed by atoms with Crippen LogP contribution in [0.15, 0.2) is 53.5 Å². The van der Waals surface area contributed by atoms with Gasteiger partial charge in [0.15, 0.2) is 5.69 Å². The first-order chi connectivity index (χ1) is 19.3. The number of anilines is 2. The highest BCUT2D eigenvalue weighted by Crippen LogP contribution is 2.32. The van der Waals surface area contributed by atoms with Gasteiger partial charge in [0, 0.05) is 44.1 Å². The molecule has 2 unspecified atom stereocenters. The van der Waals surface area contributed by atoms with Crippen LogP contribution < -0.4 is 20.5 Å². The largest absolute Gasteiger partial charge is 0.377 e. The van der Waals surface area contributed by atoms with Crippen molar-refractivity contribution in [2.75, 3.05) is 29.6 Å². The lowest BCUT2D eigenvalue weighted by atomic mass is 9.95. The van der Waals surface area contributed by atoms with Crippen LogP contribution in [0.3, 0.4) is 0 Å². The van der Waals surface area contributed by atoms with Crippen molar-refractivity contribution in [1.82, 2.24) is 24.2 Å². The number of hydrogen-bond donors (Lipinski definition) is 2. The van der Waals surface area contributed by atoms with E-state index >= 15 is 0 Å². The third-order valence-electron chi connectivity index (χ3n) is 7.26. The summed E-state index contributed by atoms with van der Waals surface area (Å²) >= 11 is 7.30. The van der Waals surface area contributed by atoms with E-state index < -0.39 is 0 Å². The smallest absolute Gasteiger partial charge is 0.281 e. The first kappa shape index (κ1) is 27.9. The Morgan fingerprint density at radius 3 is 2.77 bits per heavy atom. The highest BCUT2D eigenvalue weighted by atomic mass is 35.5. The molecule has 2 N–H and O–H groups in total. The van der Waals surface area contributed by atoms with Crippen LogP contribution in [0.1, 0.15) is 59.2 Å². The first-order valence-corrected chi connectivity index (χ1v) is 14.8. The molecule has 2 atom stereocenters. The van der Waals surface area contributed by atoms with Crippen molar-refractivity contribution >= 4 is 51.9 Å². The number of fused-ring (bicyclic) bond motifs is 1. The summed E-state index contributed by atoms with van der Waals surface area (Å²) in [5, 5.41) is 4.22. The number of pyridine rings is 2. The van der Waals surface area contributed by atoms with E-state index in [9.17, 15) is 9.59 Å². The molecule has 0 saturated carbocycles. The summed E-state index contributed by atoms with van der Waals surface area (Å²) in [5.41, 5.74) is 3.16. The van der Waals surface area contributed by atoms with E-state index in [1.807, 2.05) is 51.2 Å². The number of nitrogens with zero attached hydrogens (tertiary/aromatic N) is 5. The van der Waals surface area contributed by atoms with Crippen molar-refractivity contribution in [1.29, 1.82) is 0 Å². The first-order valence-electron chi connectivity index (χ1n) is 13.2. The minimum absolute atomic E-state index is 0.0692. The molecule has 3 aromatic heterocycles. The summed E-state index contributed by atoms with van der Waals surface area (Å²) in [6.07, 6.45) is 5.49. The number of benzene rings is 1. The average molecular weight is 578 g/mol. The molecule has 0 spiro atoms. The molecule has 4 aromatic rings. The predicted octanol–water partition coefficient (Wildman–Crippen LogP) is 5.25. The highest BCUT2D eigenvalue weighted by Gasteiger charge is 2.27. The van der Waals surface area contributed by atoms with Gasteiger partial charge in [-0.05, 0) is 62.6 Å². The van der Waals surface area contributed by atoms with E-state index in [2.05, 4.69) is 24.9 Å². The van der Waals surface area contributed by atoms with Crippen LogP contribution in [0.2, 0.25) is 5.15 Å². The molecule has 208 valence electrons. The number of carbonyl (C=O) groups is 1. The lowest BCUT2D eigenvalue weighted by Gasteiger charge is -2.34. The van der Waals surface area contributed by atoms with Crippen molar-refractivity contribution in [2.45, 2.75) is 38.6 Å². The number of hydrogen-bond acceptors (Lipinski definition) is 8. The van der Waals surface area contributed by atoms with Crippen molar-refractivity contribution in [3.8, 4) is 0 Å². The van der Waals surface area contributed by atoms with Crippen LogP contribution in [0.25, 0.3) is 10.9 Å². The lowest BCUT2D eigenvalue weighted by molar-refractivity contribution is 0.0980. The molecule has 0 aliphatic carbocycles. The number of piperidine rings is 1. The zero-order valence-electron chi connectivity index (χ0n) is 22.9. The second kappa shape index (κ2) is 11.9. The fourth-order valence-electron chi connectivity index (χ4n) is 5.38. The van der Waals surface area contributed by atoms with Crippen molar-refractivity contribution < 1.29 is 4.79 Å². The molecule has 0 radical (unpaired) electrons. The second-order valence-corrected chi connectivity index (χ2v) is 11.1. The Hall–Kier alpha value is -3.63. The third-order valence-corrected chi connectivity index (χ3v) is 7.86. The maximum Gasteiger partial charge on any atom is 0.281 e. The van der Waals surface area contributed by atoms with Gasteiger partial charge in [0.25, 0.3) is 11.5 Å². The van der Waals surface area contributed by atoms with Crippen LogP contribution in [0.5, 0.6) is 0 Å². The van der Waals surface area contributed by atoms with Gasteiger partial charge in [-0.3, -0.25) is 18.9 Å². The van der Waals surface area contributed by atoms with E-state index in [0.29, 0.717) is 16.6 Å². The zero-order chi connectivity index (χ0) is 28.4. The Morgan fingerprint density at radius 2 is 2.02 bits per heavy atom. The maximum absolute atomic E-state index is 13.7. The fraction of sp³-hybridized carbons (Fsp3) is 0.345. The number of amides is 1. The Balaban J connectivity index is 1.54. The molecular formula is C29H32ClN7O2S. The zero-order valence-corrected chi connectivity index (χ0v) is 24.5. The topological polar surface area (TPSA) is 105 Å². The van der Waals surface area contributed by atoms with Crippen molar-refractivity contribution in [2.24, 2.45) is 7.05 Å². The number of rotatable bonds is 7. The Kier molecular flexibility index (Phi) is 8.27. The van der Waals surface area contributed by atoms with Crippen molar-refractivity contribution in [3.05, 3.63) is 86.8 Å². The Labute approximate surface area is 242 Å². The normalized spacial score (nSPS) is 16.1. The molecule has 0 bridgehead atoms. The number of aromatic nitrogens is 4. The molecule has 1 fully saturated rings.